The number of hydrogen-bond donors (Lipinski definition) is 1. The van der Waals surface area contributed by atoms with Crippen molar-refractivity contribution < 1.29 is 22.8 Å². The number of halogens is 1. The van der Waals surface area contributed by atoms with E-state index in [0.29, 0.717) is 16.1 Å². The van der Waals surface area contributed by atoms with Gasteiger partial charge in [-0.3, -0.25) is 18.7 Å². The Morgan fingerprint density at radius 2 is 1.57 bits per heavy atom. The zero-order valence-electron chi connectivity index (χ0n) is 23.0. The SMILES string of the molecule is CC(=O)c1cccc(N(CC(=O)N(Cc2ccccc2Cl)[C@H](Cc2ccccc2)C(=O)NC(C)C)S(C)(=O)=O)c1. The molecule has 0 heterocycles. The van der Waals surface area contributed by atoms with E-state index < -0.39 is 28.5 Å². The summed E-state index contributed by atoms with van der Waals surface area (Å²) in [7, 11) is -3.95. The molecule has 0 saturated carbocycles. The number of hydrogen-bond acceptors (Lipinski definition) is 5. The molecule has 3 rings (SSSR count). The first-order chi connectivity index (χ1) is 18.9. The van der Waals surface area contributed by atoms with Gasteiger partial charge in [-0.25, -0.2) is 8.42 Å². The molecule has 0 aliphatic carbocycles. The van der Waals surface area contributed by atoms with E-state index >= 15 is 0 Å². The Morgan fingerprint density at radius 3 is 2.17 bits per heavy atom. The molecule has 40 heavy (non-hydrogen) atoms. The first kappa shape index (κ1) is 30.8. The predicted octanol–water partition coefficient (Wildman–Crippen LogP) is 4.47. The molecule has 2 amide bonds. The monoisotopic (exact) mass is 583 g/mol. The van der Waals surface area contributed by atoms with Crippen LogP contribution in [-0.2, 0) is 32.6 Å². The third-order valence-electron chi connectivity index (χ3n) is 6.22. The van der Waals surface area contributed by atoms with E-state index in [1.54, 1.807) is 36.4 Å². The van der Waals surface area contributed by atoms with E-state index in [0.717, 1.165) is 16.1 Å². The number of carbonyl (C=O) groups is 3. The first-order valence-electron chi connectivity index (χ1n) is 12.8. The van der Waals surface area contributed by atoms with Crippen LogP contribution in [0.15, 0.2) is 78.9 Å². The summed E-state index contributed by atoms with van der Waals surface area (Å²) in [6.07, 6.45) is 1.19. The Balaban J connectivity index is 2.08. The number of nitrogens with zero attached hydrogens (tertiary/aromatic N) is 2. The van der Waals surface area contributed by atoms with Gasteiger partial charge in [-0.15, -0.1) is 0 Å². The van der Waals surface area contributed by atoms with Crippen LogP contribution < -0.4 is 9.62 Å². The summed E-state index contributed by atoms with van der Waals surface area (Å²) in [5.74, 6) is -1.21. The molecule has 0 saturated heterocycles. The molecule has 212 valence electrons. The van der Waals surface area contributed by atoms with Gasteiger partial charge in [0.15, 0.2) is 5.78 Å². The molecule has 1 N–H and O–H groups in total. The van der Waals surface area contributed by atoms with Gasteiger partial charge in [0.2, 0.25) is 21.8 Å². The molecule has 1 atom stereocenters. The predicted molar refractivity (Wildman–Crippen MR) is 158 cm³/mol. The van der Waals surface area contributed by atoms with Crippen molar-refractivity contribution in [1.29, 1.82) is 0 Å². The van der Waals surface area contributed by atoms with Crippen LogP contribution in [0.4, 0.5) is 5.69 Å². The quantitative estimate of drug-likeness (QED) is 0.317. The van der Waals surface area contributed by atoms with Crippen LogP contribution in [0, 0.1) is 0 Å². The van der Waals surface area contributed by atoms with Gasteiger partial charge in [-0.05, 0) is 50.1 Å². The number of Topliss-reactive ketones (excluding diaryl/α,β-unsaturated/α-hetero) is 1. The number of carbonyl (C=O) groups excluding carboxylic acids is 3. The Labute approximate surface area is 241 Å². The molecular formula is C30H34ClN3O5S. The minimum absolute atomic E-state index is 0.0212. The smallest absolute Gasteiger partial charge is 0.244 e. The summed E-state index contributed by atoms with van der Waals surface area (Å²) in [5.41, 5.74) is 1.92. The van der Waals surface area contributed by atoms with Crippen LogP contribution in [0.3, 0.4) is 0 Å². The van der Waals surface area contributed by atoms with Gasteiger partial charge in [0.05, 0.1) is 11.9 Å². The van der Waals surface area contributed by atoms with Gasteiger partial charge in [0.25, 0.3) is 0 Å². The average Bonchev–Trinajstić information content (AvgIpc) is 2.89. The Hall–Kier alpha value is -3.69. The highest BCUT2D eigenvalue weighted by Gasteiger charge is 2.33. The Bertz CT molecular complexity index is 1460. The maximum atomic E-state index is 14.1. The van der Waals surface area contributed by atoms with E-state index in [1.807, 2.05) is 44.2 Å². The fourth-order valence-electron chi connectivity index (χ4n) is 4.24. The van der Waals surface area contributed by atoms with Gasteiger partial charge in [0.1, 0.15) is 12.6 Å². The third-order valence-corrected chi connectivity index (χ3v) is 7.73. The van der Waals surface area contributed by atoms with Crippen molar-refractivity contribution in [3.8, 4) is 0 Å². The van der Waals surface area contributed by atoms with Gasteiger partial charge < -0.3 is 10.2 Å². The molecular weight excluding hydrogens is 550 g/mol. The van der Waals surface area contributed by atoms with Crippen molar-refractivity contribution in [2.24, 2.45) is 0 Å². The largest absolute Gasteiger partial charge is 0.352 e. The fourth-order valence-corrected chi connectivity index (χ4v) is 5.28. The van der Waals surface area contributed by atoms with Crippen molar-refractivity contribution in [2.45, 2.75) is 45.8 Å². The highest BCUT2D eigenvalue weighted by molar-refractivity contribution is 7.92. The number of nitrogens with one attached hydrogen (secondary N) is 1. The molecule has 0 aromatic heterocycles. The molecule has 0 spiro atoms. The van der Waals surface area contributed by atoms with Crippen molar-refractivity contribution >= 4 is 44.9 Å². The van der Waals surface area contributed by atoms with Crippen LogP contribution in [0.2, 0.25) is 5.02 Å². The van der Waals surface area contributed by atoms with E-state index in [-0.39, 0.29) is 36.4 Å². The molecule has 0 aliphatic heterocycles. The summed E-state index contributed by atoms with van der Waals surface area (Å²) in [4.78, 5) is 40.9. The van der Waals surface area contributed by atoms with Crippen LogP contribution in [0.5, 0.6) is 0 Å². The van der Waals surface area contributed by atoms with Crippen molar-refractivity contribution in [3.05, 3.63) is 101 Å². The molecule has 0 unspecified atom stereocenters. The lowest BCUT2D eigenvalue weighted by molar-refractivity contribution is -0.140. The van der Waals surface area contributed by atoms with E-state index in [2.05, 4.69) is 5.32 Å². The van der Waals surface area contributed by atoms with Crippen molar-refractivity contribution in [3.63, 3.8) is 0 Å². The molecule has 3 aromatic rings. The maximum Gasteiger partial charge on any atom is 0.244 e. The van der Waals surface area contributed by atoms with Crippen LogP contribution in [-0.4, -0.2) is 55.8 Å². The summed E-state index contributed by atoms with van der Waals surface area (Å²) in [6, 6.07) is 21.2. The second-order valence-electron chi connectivity index (χ2n) is 9.86. The summed E-state index contributed by atoms with van der Waals surface area (Å²) in [6.45, 7) is 4.43. The molecule has 0 radical (unpaired) electrons. The molecule has 0 bridgehead atoms. The van der Waals surface area contributed by atoms with Gasteiger partial charge in [0, 0.05) is 29.6 Å². The summed E-state index contributed by atoms with van der Waals surface area (Å²) in [5, 5.41) is 3.31. The van der Waals surface area contributed by atoms with Crippen molar-refractivity contribution in [1.82, 2.24) is 10.2 Å². The molecule has 3 aromatic carbocycles. The highest BCUT2D eigenvalue weighted by atomic mass is 35.5. The minimum atomic E-state index is -3.95. The second-order valence-corrected chi connectivity index (χ2v) is 12.2. The maximum absolute atomic E-state index is 14.1. The normalized spacial score (nSPS) is 12.1. The number of anilines is 1. The van der Waals surface area contributed by atoms with Crippen LogP contribution in [0.1, 0.15) is 42.3 Å². The van der Waals surface area contributed by atoms with E-state index in [4.69, 9.17) is 11.6 Å². The molecule has 0 fully saturated rings. The topological polar surface area (TPSA) is 104 Å². The number of ketones is 1. The molecule has 0 aliphatic rings. The van der Waals surface area contributed by atoms with E-state index in [1.165, 1.54) is 24.0 Å². The average molecular weight is 584 g/mol. The highest BCUT2D eigenvalue weighted by Crippen LogP contribution is 2.23. The minimum Gasteiger partial charge on any atom is -0.352 e. The molecule has 8 nitrogen and oxygen atoms in total. The van der Waals surface area contributed by atoms with Crippen LogP contribution in [0.25, 0.3) is 0 Å². The van der Waals surface area contributed by atoms with Gasteiger partial charge >= 0.3 is 0 Å². The standard InChI is InChI=1S/C30H34ClN3O5S/c1-21(2)32-30(37)28(17-23-11-6-5-7-12-23)33(19-25-13-8-9-16-27(25)31)29(36)20-34(40(4,38)39)26-15-10-14-24(18-26)22(3)35/h5-16,18,21,28H,17,19-20H2,1-4H3,(H,32,37)/t28-/m1/s1. The fraction of sp³-hybridized carbons (Fsp3) is 0.300. The van der Waals surface area contributed by atoms with Gasteiger partial charge in [-0.1, -0.05) is 72.3 Å². The lowest BCUT2D eigenvalue weighted by Crippen LogP contribution is -2.54. The zero-order valence-corrected chi connectivity index (χ0v) is 24.6. The first-order valence-corrected chi connectivity index (χ1v) is 15.1. The number of amides is 2. The third kappa shape index (κ3) is 8.40. The van der Waals surface area contributed by atoms with Crippen molar-refractivity contribution in [2.75, 3.05) is 17.1 Å². The summed E-state index contributed by atoms with van der Waals surface area (Å²) < 4.78 is 26.7. The molecule has 10 heteroatoms. The Kier molecular flexibility index (Phi) is 10.5. The van der Waals surface area contributed by atoms with Crippen LogP contribution >= 0.6 is 11.6 Å². The number of rotatable bonds is 12. The number of benzene rings is 3. The lowest BCUT2D eigenvalue weighted by Gasteiger charge is -2.34. The Morgan fingerprint density at radius 1 is 0.925 bits per heavy atom. The zero-order chi connectivity index (χ0) is 29.4. The van der Waals surface area contributed by atoms with E-state index in [9.17, 15) is 22.8 Å². The van der Waals surface area contributed by atoms with Gasteiger partial charge in [-0.2, -0.15) is 0 Å². The number of sulfonamides is 1. The lowest BCUT2D eigenvalue weighted by atomic mass is 10.0. The second kappa shape index (κ2) is 13.6. The summed E-state index contributed by atoms with van der Waals surface area (Å²) >= 11 is 6.45.